The third kappa shape index (κ3) is 4.95. The third-order valence-corrected chi connectivity index (χ3v) is 4.49. The molecule has 1 heterocycles. The summed E-state index contributed by atoms with van der Waals surface area (Å²) in [4.78, 5) is 14.4. The van der Waals surface area contributed by atoms with Crippen LogP contribution < -0.4 is 15.5 Å². The second-order valence-electron chi connectivity index (χ2n) is 6.31. The number of carbonyl (C=O) groups excluding carboxylic acids is 1. The predicted molar refractivity (Wildman–Crippen MR) is 98.2 cm³/mol. The van der Waals surface area contributed by atoms with Gasteiger partial charge in [-0.15, -0.1) is 0 Å². The van der Waals surface area contributed by atoms with Gasteiger partial charge in [0.25, 0.3) is 0 Å². The lowest BCUT2D eigenvalue weighted by Crippen LogP contribution is -2.36. The summed E-state index contributed by atoms with van der Waals surface area (Å²) in [7, 11) is 0. The van der Waals surface area contributed by atoms with Crippen molar-refractivity contribution in [1.29, 1.82) is 0 Å². The molecule has 0 aliphatic carbocycles. The third-order valence-electron chi connectivity index (χ3n) is 4.49. The number of halogens is 1. The second kappa shape index (κ2) is 8.51. The molecule has 2 aromatic carbocycles. The van der Waals surface area contributed by atoms with E-state index in [1.54, 1.807) is 12.1 Å². The monoisotopic (exact) mass is 341 g/mol. The first kappa shape index (κ1) is 17.3. The lowest BCUT2D eigenvalue weighted by Gasteiger charge is -2.21. The minimum absolute atomic E-state index is 0.182. The van der Waals surface area contributed by atoms with Crippen LogP contribution in [0, 0.1) is 5.82 Å². The average Bonchev–Trinajstić information content (AvgIpc) is 3.16. The zero-order valence-electron chi connectivity index (χ0n) is 14.3. The predicted octanol–water partition coefficient (Wildman–Crippen LogP) is 3.47. The maximum absolute atomic E-state index is 12.9. The summed E-state index contributed by atoms with van der Waals surface area (Å²) >= 11 is 0. The van der Waals surface area contributed by atoms with Gasteiger partial charge >= 0.3 is 6.03 Å². The Labute approximate surface area is 148 Å². The van der Waals surface area contributed by atoms with Crippen molar-refractivity contribution < 1.29 is 9.18 Å². The number of nitrogens with zero attached hydrogens (tertiary/aromatic N) is 1. The van der Waals surface area contributed by atoms with Gasteiger partial charge in [-0.25, -0.2) is 9.18 Å². The van der Waals surface area contributed by atoms with E-state index in [2.05, 4.69) is 27.7 Å². The van der Waals surface area contributed by atoms with Gasteiger partial charge in [0.05, 0.1) is 0 Å². The highest BCUT2D eigenvalue weighted by Gasteiger charge is 2.15. The molecule has 0 unspecified atom stereocenters. The van der Waals surface area contributed by atoms with Crippen molar-refractivity contribution in [3.8, 4) is 0 Å². The van der Waals surface area contributed by atoms with Crippen molar-refractivity contribution in [2.75, 3.05) is 24.5 Å². The van der Waals surface area contributed by atoms with Gasteiger partial charge in [0.2, 0.25) is 0 Å². The molecule has 3 rings (SSSR count). The maximum atomic E-state index is 12.9. The molecule has 2 aromatic rings. The Bertz CT molecular complexity index is 696. The number of hydrogen-bond acceptors (Lipinski definition) is 2. The number of rotatable bonds is 6. The summed E-state index contributed by atoms with van der Waals surface area (Å²) < 4.78 is 12.9. The number of amides is 2. The van der Waals surface area contributed by atoms with Gasteiger partial charge in [-0.05, 0) is 48.6 Å². The quantitative estimate of drug-likeness (QED) is 0.845. The first-order valence-electron chi connectivity index (χ1n) is 8.81. The van der Waals surface area contributed by atoms with E-state index < -0.39 is 0 Å². The summed E-state index contributed by atoms with van der Waals surface area (Å²) in [6.07, 6.45) is 3.13. The molecular formula is C20H24FN3O. The van der Waals surface area contributed by atoms with Crippen molar-refractivity contribution >= 4 is 11.7 Å². The SMILES string of the molecule is O=C(NCCc1ccc(F)cc1)NCc1ccccc1N1CCCC1. The van der Waals surface area contributed by atoms with E-state index in [4.69, 9.17) is 0 Å². The molecule has 0 bridgehead atoms. The molecule has 4 nitrogen and oxygen atoms in total. The van der Waals surface area contributed by atoms with Crippen molar-refractivity contribution in [3.63, 3.8) is 0 Å². The highest BCUT2D eigenvalue weighted by molar-refractivity contribution is 5.74. The normalized spacial score (nSPS) is 13.7. The van der Waals surface area contributed by atoms with Crippen LogP contribution in [0.4, 0.5) is 14.9 Å². The number of benzene rings is 2. The Morgan fingerprint density at radius 3 is 2.48 bits per heavy atom. The topological polar surface area (TPSA) is 44.4 Å². The molecule has 1 fully saturated rings. The fourth-order valence-electron chi connectivity index (χ4n) is 3.14. The van der Waals surface area contributed by atoms with Crippen LogP contribution in [-0.4, -0.2) is 25.7 Å². The first-order chi connectivity index (χ1) is 12.2. The summed E-state index contributed by atoms with van der Waals surface area (Å²) in [6, 6.07) is 14.4. The summed E-state index contributed by atoms with van der Waals surface area (Å²) in [6.45, 7) is 3.20. The fraction of sp³-hybridized carbons (Fsp3) is 0.350. The van der Waals surface area contributed by atoms with E-state index in [9.17, 15) is 9.18 Å². The van der Waals surface area contributed by atoms with E-state index in [-0.39, 0.29) is 11.8 Å². The van der Waals surface area contributed by atoms with Gasteiger partial charge in [-0.3, -0.25) is 0 Å². The van der Waals surface area contributed by atoms with Gasteiger partial charge < -0.3 is 15.5 Å². The van der Waals surface area contributed by atoms with Crippen molar-refractivity contribution in [2.24, 2.45) is 0 Å². The second-order valence-corrected chi connectivity index (χ2v) is 6.31. The van der Waals surface area contributed by atoms with E-state index >= 15 is 0 Å². The van der Waals surface area contributed by atoms with Gasteiger partial charge in [0.15, 0.2) is 0 Å². The molecule has 0 spiro atoms. The molecule has 5 heteroatoms. The zero-order valence-corrected chi connectivity index (χ0v) is 14.3. The number of nitrogens with one attached hydrogen (secondary N) is 2. The molecule has 25 heavy (non-hydrogen) atoms. The average molecular weight is 341 g/mol. The van der Waals surface area contributed by atoms with Crippen LogP contribution in [0.2, 0.25) is 0 Å². The molecule has 132 valence electrons. The maximum Gasteiger partial charge on any atom is 0.315 e. The number of urea groups is 1. The molecule has 1 aliphatic heterocycles. The van der Waals surface area contributed by atoms with Crippen LogP contribution in [0.25, 0.3) is 0 Å². The standard InChI is InChI=1S/C20H24FN3O/c21-18-9-7-16(8-10-18)11-12-22-20(25)23-15-17-5-1-2-6-19(17)24-13-3-4-14-24/h1-2,5-10H,3-4,11-15H2,(H2,22,23,25). The largest absolute Gasteiger partial charge is 0.371 e. The first-order valence-corrected chi connectivity index (χ1v) is 8.81. The Morgan fingerprint density at radius 2 is 1.72 bits per heavy atom. The van der Waals surface area contributed by atoms with Crippen LogP contribution in [0.3, 0.4) is 0 Å². The lowest BCUT2D eigenvalue weighted by molar-refractivity contribution is 0.240. The smallest absolute Gasteiger partial charge is 0.315 e. The minimum Gasteiger partial charge on any atom is -0.371 e. The van der Waals surface area contributed by atoms with Crippen LogP contribution >= 0.6 is 0 Å². The highest BCUT2D eigenvalue weighted by atomic mass is 19.1. The van der Waals surface area contributed by atoms with Crippen LogP contribution in [0.1, 0.15) is 24.0 Å². The van der Waals surface area contributed by atoms with Crippen LogP contribution in [-0.2, 0) is 13.0 Å². The van der Waals surface area contributed by atoms with E-state index in [0.29, 0.717) is 19.5 Å². The van der Waals surface area contributed by atoms with Crippen LogP contribution in [0.15, 0.2) is 48.5 Å². The highest BCUT2D eigenvalue weighted by Crippen LogP contribution is 2.24. The Hall–Kier alpha value is -2.56. The fourth-order valence-corrected chi connectivity index (χ4v) is 3.14. The van der Waals surface area contributed by atoms with Gasteiger partial charge in [-0.2, -0.15) is 0 Å². The molecular weight excluding hydrogens is 317 g/mol. The zero-order chi connectivity index (χ0) is 17.5. The van der Waals surface area contributed by atoms with E-state index in [0.717, 1.165) is 24.2 Å². The Kier molecular flexibility index (Phi) is 5.88. The van der Waals surface area contributed by atoms with Crippen molar-refractivity contribution in [1.82, 2.24) is 10.6 Å². The van der Waals surface area contributed by atoms with Crippen LogP contribution in [0.5, 0.6) is 0 Å². The van der Waals surface area contributed by atoms with E-state index in [1.165, 1.54) is 30.7 Å². The molecule has 0 atom stereocenters. The molecule has 1 aliphatic rings. The number of para-hydroxylation sites is 1. The van der Waals surface area contributed by atoms with Gasteiger partial charge in [0, 0.05) is 31.9 Å². The van der Waals surface area contributed by atoms with E-state index in [1.807, 2.05) is 12.1 Å². The number of hydrogen-bond donors (Lipinski definition) is 2. The van der Waals surface area contributed by atoms with Gasteiger partial charge in [-0.1, -0.05) is 30.3 Å². The Morgan fingerprint density at radius 1 is 1.00 bits per heavy atom. The molecule has 2 N–H and O–H groups in total. The number of carbonyl (C=O) groups is 1. The molecule has 0 radical (unpaired) electrons. The minimum atomic E-state index is -0.244. The van der Waals surface area contributed by atoms with Crippen molar-refractivity contribution in [3.05, 3.63) is 65.5 Å². The lowest BCUT2D eigenvalue weighted by atomic mass is 10.1. The Balaban J connectivity index is 1.45. The summed E-state index contributed by atoms with van der Waals surface area (Å²) in [5.74, 6) is -0.244. The molecule has 2 amide bonds. The van der Waals surface area contributed by atoms with Crippen molar-refractivity contribution in [2.45, 2.75) is 25.8 Å². The van der Waals surface area contributed by atoms with Gasteiger partial charge in [0.1, 0.15) is 5.82 Å². The molecule has 0 aromatic heterocycles. The number of anilines is 1. The molecule has 0 saturated carbocycles. The summed E-state index contributed by atoms with van der Waals surface area (Å²) in [5, 5.41) is 5.77. The summed E-state index contributed by atoms with van der Waals surface area (Å²) in [5.41, 5.74) is 3.35. The molecule has 1 saturated heterocycles.